The van der Waals surface area contributed by atoms with E-state index >= 15 is 0 Å². The summed E-state index contributed by atoms with van der Waals surface area (Å²) in [5.74, 6) is -0.750. The van der Waals surface area contributed by atoms with Gasteiger partial charge in [0.2, 0.25) is 5.91 Å². The number of benzene rings is 1. The molecule has 0 unspecified atom stereocenters. The number of hydrazone groups is 1. The van der Waals surface area contributed by atoms with Gasteiger partial charge in [0.05, 0.1) is 6.21 Å². The number of para-hydroxylation sites is 1. The minimum atomic E-state index is -0.426. The lowest BCUT2D eigenvalue weighted by Crippen LogP contribution is -2.18. The highest BCUT2D eigenvalue weighted by Gasteiger charge is 2.08. The third kappa shape index (κ3) is 3.30. The van der Waals surface area contributed by atoms with Gasteiger partial charge in [-0.25, -0.2) is 5.43 Å². The van der Waals surface area contributed by atoms with E-state index in [-0.39, 0.29) is 12.5 Å². The van der Waals surface area contributed by atoms with E-state index in [0.29, 0.717) is 5.56 Å². The van der Waals surface area contributed by atoms with Gasteiger partial charge in [0.25, 0.3) is 5.91 Å². The summed E-state index contributed by atoms with van der Waals surface area (Å²) in [6.45, 7) is 0.0811. The molecule has 120 valence electrons. The Bertz CT molecular complexity index is 915. The summed E-state index contributed by atoms with van der Waals surface area (Å²) in [5, 5.41) is 4.90. The van der Waals surface area contributed by atoms with Gasteiger partial charge in [-0.2, -0.15) is 5.10 Å². The molecule has 2 heterocycles. The predicted molar refractivity (Wildman–Crippen MR) is 90.4 cm³/mol. The number of amides is 2. The van der Waals surface area contributed by atoms with Crippen molar-refractivity contribution in [1.29, 1.82) is 0 Å². The largest absolute Gasteiger partial charge is 0.368 e. The molecule has 7 heteroatoms. The van der Waals surface area contributed by atoms with E-state index in [1.165, 1.54) is 12.4 Å². The average molecular weight is 321 g/mol. The quantitative estimate of drug-likeness (QED) is 0.546. The van der Waals surface area contributed by atoms with Crippen LogP contribution in [0.2, 0.25) is 0 Å². The molecule has 0 saturated carbocycles. The number of hydrogen-bond donors (Lipinski definition) is 2. The molecule has 7 nitrogen and oxygen atoms in total. The zero-order valence-corrected chi connectivity index (χ0v) is 12.7. The van der Waals surface area contributed by atoms with Crippen molar-refractivity contribution in [3.05, 3.63) is 66.1 Å². The Kier molecular flexibility index (Phi) is 4.33. The SMILES string of the molecule is NC(=O)Cn1cc(/C=N\NC(=O)c2ccncc2)c2ccccc21. The standard InChI is InChI=1S/C17H15N5O2/c18-16(23)11-22-10-13(14-3-1-2-4-15(14)22)9-20-21-17(24)12-5-7-19-8-6-12/h1-10H,11H2,(H2,18,23)(H,21,24)/b20-9-. The Balaban J connectivity index is 1.82. The highest BCUT2D eigenvalue weighted by molar-refractivity contribution is 6.01. The summed E-state index contributed by atoms with van der Waals surface area (Å²) in [6, 6.07) is 10.8. The van der Waals surface area contributed by atoms with E-state index in [0.717, 1.165) is 16.5 Å². The fourth-order valence-electron chi connectivity index (χ4n) is 2.41. The van der Waals surface area contributed by atoms with Crippen molar-refractivity contribution in [3.63, 3.8) is 0 Å². The maximum atomic E-state index is 11.9. The topological polar surface area (TPSA) is 102 Å². The van der Waals surface area contributed by atoms with Crippen LogP contribution < -0.4 is 11.2 Å². The van der Waals surface area contributed by atoms with Crippen molar-refractivity contribution in [3.8, 4) is 0 Å². The van der Waals surface area contributed by atoms with Gasteiger partial charge in [0.1, 0.15) is 6.54 Å². The molecular weight excluding hydrogens is 306 g/mol. The summed E-state index contributed by atoms with van der Waals surface area (Å²) in [7, 11) is 0. The Morgan fingerprint density at radius 2 is 1.96 bits per heavy atom. The highest BCUT2D eigenvalue weighted by Crippen LogP contribution is 2.19. The van der Waals surface area contributed by atoms with Crippen LogP contribution >= 0.6 is 0 Å². The summed E-state index contributed by atoms with van der Waals surface area (Å²) >= 11 is 0. The van der Waals surface area contributed by atoms with Gasteiger partial charge in [-0.15, -0.1) is 0 Å². The van der Waals surface area contributed by atoms with Crippen LogP contribution in [-0.4, -0.2) is 27.6 Å². The number of hydrogen-bond acceptors (Lipinski definition) is 4. The maximum absolute atomic E-state index is 11.9. The zero-order chi connectivity index (χ0) is 16.9. The van der Waals surface area contributed by atoms with Gasteiger partial charge in [0, 0.05) is 40.6 Å². The van der Waals surface area contributed by atoms with Crippen LogP contribution in [0.25, 0.3) is 10.9 Å². The zero-order valence-electron chi connectivity index (χ0n) is 12.7. The second kappa shape index (κ2) is 6.74. The first kappa shape index (κ1) is 15.4. The number of carbonyl (C=O) groups excluding carboxylic acids is 2. The summed E-state index contributed by atoms with van der Waals surface area (Å²) in [4.78, 5) is 27.0. The van der Waals surface area contributed by atoms with Crippen molar-refractivity contribution in [1.82, 2.24) is 15.0 Å². The first-order chi connectivity index (χ1) is 11.6. The van der Waals surface area contributed by atoms with E-state index < -0.39 is 5.91 Å². The molecule has 0 fully saturated rings. The molecule has 0 saturated heterocycles. The highest BCUT2D eigenvalue weighted by atomic mass is 16.2. The minimum Gasteiger partial charge on any atom is -0.368 e. The molecule has 0 bridgehead atoms. The molecule has 24 heavy (non-hydrogen) atoms. The number of fused-ring (bicyclic) bond motifs is 1. The van der Waals surface area contributed by atoms with Crippen LogP contribution in [0.15, 0.2) is 60.1 Å². The fraction of sp³-hybridized carbons (Fsp3) is 0.0588. The molecule has 0 radical (unpaired) electrons. The summed E-state index contributed by atoms with van der Waals surface area (Å²) in [6.07, 6.45) is 6.39. The lowest BCUT2D eigenvalue weighted by atomic mass is 10.2. The van der Waals surface area contributed by atoms with Gasteiger partial charge in [0.15, 0.2) is 0 Å². The van der Waals surface area contributed by atoms with Crippen LogP contribution in [0.1, 0.15) is 15.9 Å². The summed E-state index contributed by atoms with van der Waals surface area (Å²) in [5.41, 5.74) is 9.86. The molecule has 0 aliphatic carbocycles. The molecule has 0 atom stereocenters. The Morgan fingerprint density at radius 3 is 2.71 bits per heavy atom. The first-order valence-electron chi connectivity index (χ1n) is 7.25. The van der Waals surface area contributed by atoms with Crippen LogP contribution in [0.3, 0.4) is 0 Å². The van der Waals surface area contributed by atoms with Crippen molar-refractivity contribution in [2.24, 2.45) is 10.8 Å². The number of carbonyl (C=O) groups is 2. The van der Waals surface area contributed by atoms with E-state index in [1.54, 1.807) is 29.1 Å². The fourth-order valence-corrected chi connectivity index (χ4v) is 2.41. The number of nitrogens with two attached hydrogens (primary N) is 1. The number of aromatic nitrogens is 2. The van der Waals surface area contributed by atoms with Crippen molar-refractivity contribution in [2.75, 3.05) is 0 Å². The Hall–Kier alpha value is -3.48. The molecular formula is C17H15N5O2. The molecule has 3 aromatic rings. The van der Waals surface area contributed by atoms with Crippen LogP contribution in [0, 0.1) is 0 Å². The Morgan fingerprint density at radius 1 is 1.21 bits per heavy atom. The van der Waals surface area contributed by atoms with Crippen molar-refractivity contribution in [2.45, 2.75) is 6.54 Å². The lowest BCUT2D eigenvalue weighted by Gasteiger charge is -2.00. The average Bonchev–Trinajstić information content (AvgIpc) is 2.93. The van der Waals surface area contributed by atoms with Crippen LogP contribution in [0.4, 0.5) is 0 Å². The van der Waals surface area contributed by atoms with Crippen molar-refractivity contribution >= 4 is 28.9 Å². The first-order valence-corrected chi connectivity index (χ1v) is 7.25. The number of pyridine rings is 1. The smallest absolute Gasteiger partial charge is 0.271 e. The van der Waals surface area contributed by atoms with Crippen molar-refractivity contribution < 1.29 is 9.59 Å². The van der Waals surface area contributed by atoms with E-state index in [4.69, 9.17) is 5.73 Å². The predicted octanol–water partition coefficient (Wildman–Crippen LogP) is 1.29. The molecule has 3 N–H and O–H groups in total. The van der Waals surface area contributed by atoms with Crippen LogP contribution in [-0.2, 0) is 11.3 Å². The van der Waals surface area contributed by atoms with Gasteiger partial charge >= 0.3 is 0 Å². The van der Waals surface area contributed by atoms with Gasteiger partial charge in [-0.05, 0) is 18.2 Å². The molecule has 0 aliphatic heterocycles. The molecule has 2 amide bonds. The molecule has 0 aliphatic rings. The second-order valence-corrected chi connectivity index (χ2v) is 5.13. The van der Waals surface area contributed by atoms with E-state index in [1.807, 2.05) is 24.3 Å². The normalized spacial score (nSPS) is 11.0. The second-order valence-electron chi connectivity index (χ2n) is 5.13. The maximum Gasteiger partial charge on any atom is 0.271 e. The molecule has 0 spiro atoms. The third-order valence-electron chi connectivity index (χ3n) is 3.46. The molecule has 3 rings (SSSR count). The number of nitrogens with one attached hydrogen (secondary N) is 1. The summed E-state index contributed by atoms with van der Waals surface area (Å²) < 4.78 is 1.75. The van der Waals surface area contributed by atoms with Gasteiger partial charge in [-0.1, -0.05) is 18.2 Å². The molecule has 1 aromatic carbocycles. The monoisotopic (exact) mass is 321 g/mol. The lowest BCUT2D eigenvalue weighted by molar-refractivity contribution is -0.118. The number of nitrogens with zero attached hydrogens (tertiary/aromatic N) is 3. The van der Waals surface area contributed by atoms with Gasteiger partial charge in [-0.3, -0.25) is 14.6 Å². The van der Waals surface area contributed by atoms with Gasteiger partial charge < -0.3 is 10.3 Å². The molecule has 2 aromatic heterocycles. The van der Waals surface area contributed by atoms with Crippen LogP contribution in [0.5, 0.6) is 0 Å². The Labute approximate surface area is 137 Å². The number of primary amides is 1. The minimum absolute atomic E-state index is 0.0811. The third-order valence-corrected chi connectivity index (χ3v) is 3.46. The number of rotatable bonds is 5. The van der Waals surface area contributed by atoms with E-state index in [2.05, 4.69) is 15.5 Å². The van der Waals surface area contributed by atoms with E-state index in [9.17, 15) is 9.59 Å².